The first-order valence-electron chi connectivity index (χ1n) is 6.36. The molecule has 2 rings (SSSR count). The van der Waals surface area contributed by atoms with Crippen LogP contribution in [0.1, 0.15) is 18.4 Å². The van der Waals surface area contributed by atoms with Crippen molar-refractivity contribution in [3.05, 3.63) is 29.8 Å². The Bertz CT molecular complexity index is 346. The fourth-order valence-corrected chi connectivity index (χ4v) is 2.47. The Morgan fingerprint density at radius 1 is 1.35 bits per heavy atom. The summed E-state index contributed by atoms with van der Waals surface area (Å²) in [5.74, 6) is 0.731. The van der Waals surface area contributed by atoms with Gasteiger partial charge >= 0.3 is 0 Å². The summed E-state index contributed by atoms with van der Waals surface area (Å²) in [4.78, 5) is 2.45. The molecule has 0 unspecified atom stereocenters. The Morgan fingerprint density at radius 3 is 2.76 bits per heavy atom. The van der Waals surface area contributed by atoms with Gasteiger partial charge in [-0.15, -0.1) is 0 Å². The van der Waals surface area contributed by atoms with E-state index in [-0.39, 0.29) is 0 Å². The van der Waals surface area contributed by atoms with Crippen molar-refractivity contribution in [1.29, 1.82) is 0 Å². The topological polar surface area (TPSA) is 38.5 Å². The standard InChI is InChI=1S/C14H22N2O/c1-17-11-12-5-7-16(8-6-12)14-4-2-3-13(9-14)10-15/h2-4,9,12H,5-8,10-11,15H2,1H3. The van der Waals surface area contributed by atoms with Crippen LogP contribution in [0.25, 0.3) is 0 Å². The molecule has 0 saturated carbocycles. The van der Waals surface area contributed by atoms with Gasteiger partial charge in [-0.05, 0) is 36.5 Å². The fourth-order valence-electron chi connectivity index (χ4n) is 2.47. The molecule has 1 aliphatic rings. The lowest BCUT2D eigenvalue weighted by Gasteiger charge is -2.33. The zero-order valence-corrected chi connectivity index (χ0v) is 10.6. The first-order valence-corrected chi connectivity index (χ1v) is 6.36. The molecule has 1 heterocycles. The van der Waals surface area contributed by atoms with E-state index < -0.39 is 0 Å². The number of hydrogen-bond acceptors (Lipinski definition) is 3. The van der Waals surface area contributed by atoms with Crippen LogP contribution in [0.15, 0.2) is 24.3 Å². The van der Waals surface area contributed by atoms with Gasteiger partial charge in [0.1, 0.15) is 0 Å². The molecule has 0 aromatic heterocycles. The first-order chi connectivity index (χ1) is 8.33. The van der Waals surface area contributed by atoms with Crippen LogP contribution in [0.5, 0.6) is 0 Å². The quantitative estimate of drug-likeness (QED) is 0.866. The van der Waals surface area contributed by atoms with E-state index in [2.05, 4.69) is 29.2 Å². The molecule has 0 aliphatic carbocycles. The average molecular weight is 234 g/mol. The van der Waals surface area contributed by atoms with Crippen LogP contribution in [0.4, 0.5) is 5.69 Å². The van der Waals surface area contributed by atoms with Gasteiger partial charge in [-0.1, -0.05) is 12.1 Å². The summed E-state index contributed by atoms with van der Waals surface area (Å²) in [5, 5.41) is 0. The number of ether oxygens (including phenoxy) is 1. The van der Waals surface area contributed by atoms with Gasteiger partial charge in [0, 0.05) is 39.0 Å². The van der Waals surface area contributed by atoms with Crippen LogP contribution < -0.4 is 10.6 Å². The number of rotatable bonds is 4. The number of nitrogens with zero attached hydrogens (tertiary/aromatic N) is 1. The SMILES string of the molecule is COCC1CCN(c2cccc(CN)c2)CC1. The lowest BCUT2D eigenvalue weighted by Crippen LogP contribution is -2.35. The Kier molecular flexibility index (Phi) is 4.40. The van der Waals surface area contributed by atoms with Gasteiger partial charge in [-0.2, -0.15) is 0 Å². The van der Waals surface area contributed by atoms with E-state index in [0.717, 1.165) is 25.6 Å². The minimum absolute atomic E-state index is 0.619. The molecule has 2 N–H and O–H groups in total. The van der Waals surface area contributed by atoms with Crippen LogP contribution in [-0.2, 0) is 11.3 Å². The lowest BCUT2D eigenvalue weighted by molar-refractivity contribution is 0.139. The number of piperidine rings is 1. The molecule has 1 aromatic carbocycles. The van der Waals surface area contributed by atoms with Gasteiger partial charge in [0.15, 0.2) is 0 Å². The molecule has 1 fully saturated rings. The molecule has 0 spiro atoms. The smallest absolute Gasteiger partial charge is 0.0491 e. The Balaban J connectivity index is 1.95. The minimum atomic E-state index is 0.619. The van der Waals surface area contributed by atoms with Gasteiger partial charge in [0.05, 0.1) is 0 Å². The summed E-state index contributed by atoms with van der Waals surface area (Å²) in [7, 11) is 1.79. The lowest BCUT2D eigenvalue weighted by atomic mass is 9.97. The number of hydrogen-bond donors (Lipinski definition) is 1. The highest BCUT2D eigenvalue weighted by atomic mass is 16.5. The summed E-state index contributed by atoms with van der Waals surface area (Å²) in [6, 6.07) is 8.56. The van der Waals surface area contributed by atoms with Crippen LogP contribution in [-0.4, -0.2) is 26.8 Å². The Morgan fingerprint density at radius 2 is 2.12 bits per heavy atom. The van der Waals surface area contributed by atoms with Crippen molar-refractivity contribution in [2.24, 2.45) is 11.7 Å². The normalized spacial score (nSPS) is 17.4. The minimum Gasteiger partial charge on any atom is -0.384 e. The second kappa shape index (κ2) is 6.03. The third kappa shape index (κ3) is 3.20. The van der Waals surface area contributed by atoms with E-state index in [1.807, 2.05) is 0 Å². The summed E-state index contributed by atoms with van der Waals surface area (Å²) >= 11 is 0. The molecule has 0 bridgehead atoms. The molecule has 1 aliphatic heterocycles. The maximum atomic E-state index is 5.67. The van der Waals surface area contributed by atoms with Crippen molar-refractivity contribution in [3.63, 3.8) is 0 Å². The van der Waals surface area contributed by atoms with Crippen LogP contribution >= 0.6 is 0 Å². The molecule has 17 heavy (non-hydrogen) atoms. The maximum Gasteiger partial charge on any atom is 0.0491 e. The van der Waals surface area contributed by atoms with Crippen LogP contribution in [0.2, 0.25) is 0 Å². The number of nitrogens with two attached hydrogens (primary N) is 1. The predicted octanol–water partition coefficient (Wildman–Crippen LogP) is 2.01. The monoisotopic (exact) mass is 234 g/mol. The molecule has 0 radical (unpaired) electrons. The molecular weight excluding hydrogens is 212 g/mol. The van der Waals surface area contributed by atoms with Gasteiger partial charge in [0.2, 0.25) is 0 Å². The van der Waals surface area contributed by atoms with Crippen molar-refractivity contribution in [2.45, 2.75) is 19.4 Å². The zero-order valence-electron chi connectivity index (χ0n) is 10.6. The van der Waals surface area contributed by atoms with Crippen molar-refractivity contribution in [3.8, 4) is 0 Å². The van der Waals surface area contributed by atoms with Crippen molar-refractivity contribution in [2.75, 3.05) is 31.7 Å². The second-order valence-corrected chi connectivity index (χ2v) is 4.76. The summed E-state index contributed by atoms with van der Waals surface area (Å²) < 4.78 is 5.22. The van der Waals surface area contributed by atoms with Crippen molar-refractivity contribution in [1.82, 2.24) is 0 Å². The molecule has 1 saturated heterocycles. The number of benzene rings is 1. The van der Waals surface area contributed by atoms with E-state index in [9.17, 15) is 0 Å². The number of anilines is 1. The third-order valence-corrected chi connectivity index (χ3v) is 3.53. The van der Waals surface area contributed by atoms with Crippen LogP contribution in [0.3, 0.4) is 0 Å². The fraction of sp³-hybridized carbons (Fsp3) is 0.571. The van der Waals surface area contributed by atoms with Crippen molar-refractivity contribution < 1.29 is 4.74 Å². The molecule has 3 nitrogen and oxygen atoms in total. The molecule has 0 atom stereocenters. The maximum absolute atomic E-state index is 5.67. The zero-order chi connectivity index (χ0) is 12.1. The largest absolute Gasteiger partial charge is 0.384 e. The summed E-state index contributed by atoms with van der Waals surface area (Å²) in [6.07, 6.45) is 2.45. The molecular formula is C14H22N2O. The Labute approximate surface area is 104 Å². The molecule has 0 amide bonds. The average Bonchev–Trinajstić information content (AvgIpc) is 2.40. The van der Waals surface area contributed by atoms with E-state index in [4.69, 9.17) is 10.5 Å². The summed E-state index contributed by atoms with van der Waals surface area (Å²) in [5.41, 5.74) is 8.19. The van der Waals surface area contributed by atoms with E-state index in [1.165, 1.54) is 24.1 Å². The summed E-state index contributed by atoms with van der Waals surface area (Å²) in [6.45, 7) is 3.77. The second-order valence-electron chi connectivity index (χ2n) is 4.76. The molecule has 94 valence electrons. The van der Waals surface area contributed by atoms with Crippen molar-refractivity contribution >= 4 is 5.69 Å². The first kappa shape index (κ1) is 12.4. The third-order valence-electron chi connectivity index (χ3n) is 3.53. The molecule has 3 heteroatoms. The van der Waals surface area contributed by atoms with Gasteiger partial charge in [-0.3, -0.25) is 0 Å². The van der Waals surface area contributed by atoms with Gasteiger partial charge < -0.3 is 15.4 Å². The van der Waals surface area contributed by atoms with E-state index in [0.29, 0.717) is 6.54 Å². The number of methoxy groups -OCH3 is 1. The highest BCUT2D eigenvalue weighted by molar-refractivity contribution is 5.48. The van der Waals surface area contributed by atoms with E-state index in [1.54, 1.807) is 7.11 Å². The predicted molar refractivity (Wildman–Crippen MR) is 71.1 cm³/mol. The molecule has 1 aromatic rings. The highest BCUT2D eigenvalue weighted by Gasteiger charge is 2.19. The van der Waals surface area contributed by atoms with Crippen LogP contribution in [0, 0.1) is 5.92 Å². The van der Waals surface area contributed by atoms with Gasteiger partial charge in [-0.25, -0.2) is 0 Å². The van der Waals surface area contributed by atoms with E-state index >= 15 is 0 Å². The van der Waals surface area contributed by atoms with Gasteiger partial charge in [0.25, 0.3) is 0 Å². The highest BCUT2D eigenvalue weighted by Crippen LogP contribution is 2.24. The Hall–Kier alpha value is -1.06.